The van der Waals surface area contributed by atoms with Gasteiger partial charge in [0.05, 0.1) is 11.1 Å². The Balaban J connectivity index is 2.75. The van der Waals surface area contributed by atoms with Gasteiger partial charge in [-0.05, 0) is 34.1 Å². The minimum atomic E-state index is -4.73. The largest absolute Gasteiger partial charge is 0.573 e. The van der Waals surface area contributed by atoms with Crippen LogP contribution in [-0.2, 0) is 0 Å². The molecule has 0 aliphatic heterocycles. The highest BCUT2D eigenvalue weighted by Crippen LogP contribution is 2.33. The first-order valence-electron chi connectivity index (χ1n) is 4.21. The summed E-state index contributed by atoms with van der Waals surface area (Å²) in [7, 11) is 0. The quantitative estimate of drug-likeness (QED) is 0.929. The first-order chi connectivity index (χ1) is 7.42. The molecular weight excluding hydrogens is 293 g/mol. The third-order valence-electron chi connectivity index (χ3n) is 1.49. The van der Waals surface area contributed by atoms with Crippen LogP contribution >= 0.6 is 15.9 Å². The van der Waals surface area contributed by atoms with Gasteiger partial charge in [-0.15, -0.1) is 13.2 Å². The maximum Gasteiger partial charge on any atom is 0.573 e. The van der Waals surface area contributed by atoms with Crippen molar-refractivity contribution in [2.45, 2.75) is 6.36 Å². The van der Waals surface area contributed by atoms with E-state index in [9.17, 15) is 13.2 Å². The van der Waals surface area contributed by atoms with Crippen molar-refractivity contribution in [3.8, 4) is 11.5 Å². The van der Waals surface area contributed by atoms with Crippen molar-refractivity contribution in [1.82, 2.24) is 0 Å². The Kier molecular flexibility index (Phi) is 4.43. The zero-order valence-electron chi connectivity index (χ0n) is 7.92. The molecule has 0 aromatic heterocycles. The molecule has 7 heteroatoms. The Bertz CT molecular complexity index is 354. The molecule has 1 aromatic rings. The van der Waals surface area contributed by atoms with E-state index in [4.69, 9.17) is 9.84 Å². The molecule has 90 valence electrons. The molecule has 0 bridgehead atoms. The van der Waals surface area contributed by atoms with E-state index in [0.29, 0.717) is 5.75 Å². The van der Waals surface area contributed by atoms with Crippen molar-refractivity contribution >= 4 is 15.9 Å². The number of aliphatic hydroxyl groups is 1. The smallest absolute Gasteiger partial charge is 0.491 e. The Morgan fingerprint density at radius 2 is 2.00 bits per heavy atom. The fourth-order valence-electron chi connectivity index (χ4n) is 0.942. The second kappa shape index (κ2) is 5.40. The van der Waals surface area contributed by atoms with Gasteiger partial charge in [-0.2, -0.15) is 0 Å². The van der Waals surface area contributed by atoms with Crippen LogP contribution < -0.4 is 9.47 Å². The van der Waals surface area contributed by atoms with Gasteiger partial charge >= 0.3 is 6.36 Å². The fraction of sp³-hybridized carbons (Fsp3) is 0.333. The number of alkyl halides is 3. The van der Waals surface area contributed by atoms with E-state index in [0.717, 1.165) is 6.07 Å². The molecule has 1 N–H and O–H groups in total. The standard InChI is InChI=1S/C9H8BrF3O3/c10-7-5-6(15-4-3-14)1-2-8(7)16-9(11,12)13/h1-2,5,14H,3-4H2. The Morgan fingerprint density at radius 1 is 1.31 bits per heavy atom. The molecule has 0 saturated carbocycles. The molecule has 0 amide bonds. The number of benzene rings is 1. The summed E-state index contributed by atoms with van der Waals surface area (Å²) >= 11 is 2.92. The second-order valence-electron chi connectivity index (χ2n) is 2.71. The molecule has 0 aliphatic carbocycles. The summed E-state index contributed by atoms with van der Waals surface area (Å²) in [5.74, 6) is -0.000650. The highest BCUT2D eigenvalue weighted by atomic mass is 79.9. The summed E-state index contributed by atoms with van der Waals surface area (Å²) < 4.78 is 44.6. The number of rotatable bonds is 4. The highest BCUT2D eigenvalue weighted by molar-refractivity contribution is 9.10. The lowest BCUT2D eigenvalue weighted by atomic mass is 10.3. The first kappa shape index (κ1) is 13.1. The Morgan fingerprint density at radius 3 is 2.50 bits per heavy atom. The highest BCUT2D eigenvalue weighted by Gasteiger charge is 2.31. The van der Waals surface area contributed by atoms with Crippen LogP contribution in [0.15, 0.2) is 22.7 Å². The van der Waals surface area contributed by atoms with Gasteiger partial charge in [-0.3, -0.25) is 0 Å². The lowest BCUT2D eigenvalue weighted by molar-refractivity contribution is -0.274. The lowest BCUT2D eigenvalue weighted by Crippen LogP contribution is -2.17. The molecule has 0 heterocycles. The zero-order valence-corrected chi connectivity index (χ0v) is 9.51. The van der Waals surface area contributed by atoms with Gasteiger partial charge in [0.25, 0.3) is 0 Å². The molecule has 3 nitrogen and oxygen atoms in total. The lowest BCUT2D eigenvalue weighted by Gasteiger charge is -2.11. The van der Waals surface area contributed by atoms with Crippen LogP contribution in [0.1, 0.15) is 0 Å². The zero-order chi connectivity index (χ0) is 12.2. The van der Waals surface area contributed by atoms with E-state index in [-0.39, 0.29) is 23.4 Å². The van der Waals surface area contributed by atoms with Crippen LogP contribution in [0.3, 0.4) is 0 Å². The minimum absolute atomic E-state index is 0.0753. The molecule has 0 radical (unpaired) electrons. The number of ether oxygens (including phenoxy) is 2. The van der Waals surface area contributed by atoms with Crippen LogP contribution in [-0.4, -0.2) is 24.7 Å². The molecule has 0 saturated heterocycles. The molecule has 0 spiro atoms. The molecule has 0 atom stereocenters. The van der Waals surface area contributed by atoms with Crippen molar-refractivity contribution in [3.05, 3.63) is 22.7 Å². The van der Waals surface area contributed by atoms with Gasteiger partial charge in [0, 0.05) is 0 Å². The maximum absolute atomic E-state index is 11.9. The normalized spacial score (nSPS) is 11.3. The van der Waals surface area contributed by atoms with E-state index in [2.05, 4.69) is 20.7 Å². The van der Waals surface area contributed by atoms with Crippen molar-refractivity contribution in [2.75, 3.05) is 13.2 Å². The first-order valence-corrected chi connectivity index (χ1v) is 5.00. The summed E-state index contributed by atoms with van der Waals surface area (Å²) in [6, 6.07) is 3.78. The molecule has 0 fully saturated rings. The minimum Gasteiger partial charge on any atom is -0.491 e. The summed E-state index contributed by atoms with van der Waals surface area (Å²) in [5.41, 5.74) is 0. The van der Waals surface area contributed by atoms with Crippen molar-refractivity contribution in [2.24, 2.45) is 0 Å². The summed E-state index contributed by atoms with van der Waals surface area (Å²) in [5, 5.41) is 8.49. The van der Waals surface area contributed by atoms with E-state index in [1.807, 2.05) is 0 Å². The van der Waals surface area contributed by atoms with Crippen LogP contribution in [0.5, 0.6) is 11.5 Å². The van der Waals surface area contributed by atoms with Gasteiger partial charge in [-0.25, -0.2) is 0 Å². The third-order valence-corrected chi connectivity index (χ3v) is 2.11. The SMILES string of the molecule is OCCOc1ccc(OC(F)(F)F)c(Br)c1. The molecule has 1 rings (SSSR count). The van der Waals surface area contributed by atoms with Crippen LogP contribution in [0, 0.1) is 0 Å². The molecule has 16 heavy (non-hydrogen) atoms. The average Bonchev–Trinajstić information content (AvgIpc) is 2.17. The van der Waals surface area contributed by atoms with Gasteiger partial charge in [0.15, 0.2) is 0 Å². The van der Waals surface area contributed by atoms with Crippen LogP contribution in [0.4, 0.5) is 13.2 Å². The van der Waals surface area contributed by atoms with E-state index >= 15 is 0 Å². The second-order valence-corrected chi connectivity index (χ2v) is 3.57. The number of aliphatic hydroxyl groups excluding tert-OH is 1. The van der Waals surface area contributed by atoms with Crippen molar-refractivity contribution in [3.63, 3.8) is 0 Å². The topological polar surface area (TPSA) is 38.7 Å². The van der Waals surface area contributed by atoms with E-state index in [1.54, 1.807) is 0 Å². The summed E-state index contributed by atoms with van der Waals surface area (Å²) in [6.45, 7) is -0.0929. The van der Waals surface area contributed by atoms with Gasteiger partial charge in [-0.1, -0.05) is 0 Å². The maximum atomic E-state index is 11.9. The van der Waals surface area contributed by atoms with Gasteiger partial charge < -0.3 is 14.6 Å². The predicted octanol–water partition coefficient (Wildman–Crippen LogP) is 2.72. The van der Waals surface area contributed by atoms with Crippen LogP contribution in [0.2, 0.25) is 0 Å². The Hall–Kier alpha value is -0.950. The number of hydrogen-bond acceptors (Lipinski definition) is 3. The van der Waals surface area contributed by atoms with Crippen molar-refractivity contribution in [1.29, 1.82) is 0 Å². The number of hydrogen-bond donors (Lipinski definition) is 1. The van der Waals surface area contributed by atoms with Crippen LogP contribution in [0.25, 0.3) is 0 Å². The molecular formula is C9H8BrF3O3. The monoisotopic (exact) mass is 300 g/mol. The number of halogens is 4. The summed E-state index contributed by atoms with van der Waals surface area (Å²) in [4.78, 5) is 0. The molecule has 0 aliphatic rings. The molecule has 1 aromatic carbocycles. The Labute approximate surface area is 97.9 Å². The van der Waals surface area contributed by atoms with Gasteiger partial charge in [0.2, 0.25) is 0 Å². The fourth-order valence-corrected chi connectivity index (χ4v) is 1.38. The predicted molar refractivity (Wildman–Crippen MR) is 53.4 cm³/mol. The summed E-state index contributed by atoms with van der Waals surface area (Å²) in [6.07, 6.45) is -4.73. The average molecular weight is 301 g/mol. The van der Waals surface area contributed by atoms with Crippen molar-refractivity contribution < 1.29 is 27.8 Å². The van der Waals surface area contributed by atoms with E-state index < -0.39 is 6.36 Å². The van der Waals surface area contributed by atoms with E-state index in [1.165, 1.54) is 12.1 Å². The third kappa shape index (κ3) is 4.28. The van der Waals surface area contributed by atoms with Gasteiger partial charge in [0.1, 0.15) is 18.1 Å². The molecule has 0 unspecified atom stereocenters.